The van der Waals surface area contributed by atoms with E-state index >= 15 is 0 Å². The third-order valence-electron chi connectivity index (χ3n) is 1.91. The normalized spacial score (nSPS) is 23.5. The molecule has 0 spiro atoms. The van der Waals surface area contributed by atoms with Crippen LogP contribution in [0.5, 0.6) is 0 Å². The van der Waals surface area contributed by atoms with E-state index in [0.717, 1.165) is 0 Å². The van der Waals surface area contributed by atoms with Gasteiger partial charge in [0.2, 0.25) is 5.71 Å². The summed E-state index contributed by atoms with van der Waals surface area (Å²) >= 11 is 1.56. The number of fused-ring (bicyclic) bond motifs is 1. The van der Waals surface area contributed by atoms with Gasteiger partial charge in [0.1, 0.15) is 7.11 Å². The number of nitrogens with one attached hydrogen (secondary N) is 1. The van der Waals surface area contributed by atoms with Crippen LogP contribution >= 0.6 is 11.8 Å². The van der Waals surface area contributed by atoms with Crippen LogP contribution in [-0.2, 0) is 9.63 Å². The number of hydrogen-bond acceptors (Lipinski definition) is 6. The molecule has 2 N–H and O–H groups in total. The summed E-state index contributed by atoms with van der Waals surface area (Å²) < 4.78 is 0. The zero-order valence-corrected chi connectivity index (χ0v) is 8.69. The Balaban J connectivity index is 2.20. The van der Waals surface area contributed by atoms with Gasteiger partial charge in [-0.2, -0.15) is 0 Å². The smallest absolute Gasteiger partial charge is 0.360 e. The van der Waals surface area contributed by atoms with Gasteiger partial charge in [-0.05, 0) is 5.41 Å². The number of nitrogens with zero attached hydrogens (tertiary/aromatic N) is 2. The highest BCUT2D eigenvalue weighted by Gasteiger charge is 2.30. The van der Waals surface area contributed by atoms with Crippen molar-refractivity contribution in [2.24, 2.45) is 5.16 Å². The van der Waals surface area contributed by atoms with Gasteiger partial charge in [-0.3, -0.25) is 0 Å². The fraction of sp³-hybridized carbons (Fsp3) is 0.250. The van der Waals surface area contributed by atoms with Crippen molar-refractivity contribution in [2.45, 2.75) is 5.50 Å². The SMILES string of the molecule is CON=C(C(=O)O)C1=CN2C=CSC2N1. The van der Waals surface area contributed by atoms with Gasteiger partial charge < -0.3 is 20.2 Å². The number of carboxylic acid groups (broad SMARTS) is 1. The van der Waals surface area contributed by atoms with E-state index in [4.69, 9.17) is 5.11 Å². The lowest BCUT2D eigenvalue weighted by Crippen LogP contribution is -2.30. The molecule has 0 saturated heterocycles. The molecule has 80 valence electrons. The molecule has 1 atom stereocenters. The molecule has 2 heterocycles. The average Bonchev–Trinajstić information content (AvgIpc) is 2.72. The molecule has 2 aliphatic rings. The van der Waals surface area contributed by atoms with Gasteiger partial charge in [0.25, 0.3) is 0 Å². The van der Waals surface area contributed by atoms with Crippen LogP contribution in [0, 0.1) is 0 Å². The maximum absolute atomic E-state index is 10.9. The maximum Gasteiger partial charge on any atom is 0.360 e. The van der Waals surface area contributed by atoms with Crippen LogP contribution in [0.25, 0.3) is 0 Å². The summed E-state index contributed by atoms with van der Waals surface area (Å²) in [4.78, 5) is 17.2. The van der Waals surface area contributed by atoms with Gasteiger partial charge in [-0.25, -0.2) is 4.79 Å². The van der Waals surface area contributed by atoms with Crippen molar-refractivity contribution in [1.29, 1.82) is 0 Å². The van der Waals surface area contributed by atoms with E-state index in [1.54, 1.807) is 18.0 Å². The standard InChI is InChI=1S/C8H9N3O3S/c1-14-10-6(7(12)13)5-4-11-2-3-15-8(11)9-5/h2-4,8-9H,1H3,(H,12,13). The van der Waals surface area contributed by atoms with E-state index in [0.29, 0.717) is 5.70 Å². The Bertz CT molecular complexity index is 377. The minimum Gasteiger partial charge on any atom is -0.476 e. The third-order valence-corrected chi connectivity index (χ3v) is 2.81. The predicted molar refractivity (Wildman–Crippen MR) is 55.7 cm³/mol. The summed E-state index contributed by atoms with van der Waals surface area (Å²) in [5.41, 5.74) is 0.355. The molecular weight excluding hydrogens is 218 g/mol. The van der Waals surface area contributed by atoms with E-state index in [1.807, 2.05) is 16.5 Å². The summed E-state index contributed by atoms with van der Waals surface area (Å²) in [7, 11) is 1.31. The highest BCUT2D eigenvalue weighted by molar-refractivity contribution is 8.02. The second kappa shape index (κ2) is 3.85. The molecule has 1 unspecified atom stereocenters. The Labute approximate surface area is 90.3 Å². The Morgan fingerprint density at radius 3 is 3.20 bits per heavy atom. The first-order valence-electron chi connectivity index (χ1n) is 4.15. The summed E-state index contributed by atoms with van der Waals surface area (Å²) in [6, 6.07) is 0. The van der Waals surface area contributed by atoms with E-state index in [1.165, 1.54) is 7.11 Å². The van der Waals surface area contributed by atoms with E-state index in [2.05, 4.69) is 15.3 Å². The van der Waals surface area contributed by atoms with Crippen LogP contribution in [0.1, 0.15) is 0 Å². The lowest BCUT2D eigenvalue weighted by atomic mass is 10.3. The van der Waals surface area contributed by atoms with E-state index in [-0.39, 0.29) is 11.2 Å². The summed E-state index contributed by atoms with van der Waals surface area (Å²) in [6.07, 6.45) is 3.55. The van der Waals surface area contributed by atoms with Crippen LogP contribution in [0.3, 0.4) is 0 Å². The Morgan fingerprint density at radius 1 is 1.80 bits per heavy atom. The molecule has 0 fully saturated rings. The van der Waals surface area contributed by atoms with Crippen molar-refractivity contribution in [3.05, 3.63) is 23.5 Å². The molecule has 15 heavy (non-hydrogen) atoms. The number of hydrogen-bond donors (Lipinski definition) is 2. The number of oxime groups is 1. The highest BCUT2D eigenvalue weighted by Crippen LogP contribution is 2.28. The van der Waals surface area contributed by atoms with E-state index in [9.17, 15) is 4.79 Å². The fourth-order valence-electron chi connectivity index (χ4n) is 1.29. The molecule has 0 amide bonds. The summed E-state index contributed by atoms with van der Waals surface area (Å²) in [5.74, 6) is -1.12. The molecule has 7 heteroatoms. The summed E-state index contributed by atoms with van der Waals surface area (Å²) in [6.45, 7) is 0. The van der Waals surface area contributed by atoms with Gasteiger partial charge in [-0.1, -0.05) is 16.9 Å². The molecule has 2 rings (SSSR count). The van der Waals surface area contributed by atoms with Crippen molar-refractivity contribution in [3.8, 4) is 0 Å². The van der Waals surface area contributed by atoms with Crippen LogP contribution in [-0.4, -0.2) is 34.3 Å². The zero-order chi connectivity index (χ0) is 10.8. The second-order valence-corrected chi connectivity index (χ2v) is 3.83. The van der Waals surface area contributed by atoms with Gasteiger partial charge in [0.05, 0.1) is 5.70 Å². The van der Waals surface area contributed by atoms with Gasteiger partial charge in [0.15, 0.2) is 5.50 Å². The second-order valence-electron chi connectivity index (χ2n) is 2.84. The molecule has 0 aromatic rings. The van der Waals surface area contributed by atoms with Gasteiger partial charge in [0, 0.05) is 12.4 Å². The average molecular weight is 227 g/mol. The number of carbonyl (C=O) groups is 1. The highest BCUT2D eigenvalue weighted by atomic mass is 32.2. The van der Waals surface area contributed by atoms with E-state index < -0.39 is 5.97 Å². The van der Waals surface area contributed by atoms with Crippen molar-refractivity contribution in [1.82, 2.24) is 10.2 Å². The molecular formula is C8H9N3O3S. The molecule has 2 aliphatic heterocycles. The topological polar surface area (TPSA) is 74.2 Å². The lowest BCUT2D eigenvalue weighted by molar-refractivity contribution is -0.129. The predicted octanol–water partition coefficient (Wildman–Crippen LogP) is 0.322. The zero-order valence-electron chi connectivity index (χ0n) is 7.88. The minimum atomic E-state index is -1.12. The summed E-state index contributed by atoms with van der Waals surface area (Å²) in [5, 5.41) is 17.3. The van der Waals surface area contributed by atoms with Crippen LogP contribution in [0.15, 0.2) is 28.7 Å². The lowest BCUT2D eigenvalue weighted by Gasteiger charge is -2.13. The van der Waals surface area contributed by atoms with Crippen molar-refractivity contribution in [2.75, 3.05) is 7.11 Å². The van der Waals surface area contributed by atoms with Crippen LogP contribution in [0.2, 0.25) is 0 Å². The number of carboxylic acids is 1. The Kier molecular flexibility index (Phi) is 2.55. The monoisotopic (exact) mass is 227 g/mol. The molecule has 0 aromatic carbocycles. The Hall–Kier alpha value is -1.63. The first-order chi connectivity index (χ1) is 7.22. The number of aliphatic carboxylic acids is 1. The molecule has 6 nitrogen and oxygen atoms in total. The molecule has 0 radical (unpaired) electrons. The van der Waals surface area contributed by atoms with Crippen molar-refractivity contribution in [3.63, 3.8) is 0 Å². The maximum atomic E-state index is 10.9. The van der Waals surface area contributed by atoms with Crippen LogP contribution < -0.4 is 5.32 Å². The van der Waals surface area contributed by atoms with Crippen molar-refractivity contribution >= 4 is 23.4 Å². The minimum absolute atomic E-state index is 0.0291. The first kappa shape index (κ1) is 9.91. The quantitative estimate of drug-likeness (QED) is 0.534. The van der Waals surface area contributed by atoms with Gasteiger partial charge >= 0.3 is 5.97 Å². The van der Waals surface area contributed by atoms with Crippen LogP contribution in [0.4, 0.5) is 0 Å². The number of rotatable bonds is 3. The first-order valence-corrected chi connectivity index (χ1v) is 5.09. The molecule has 0 aliphatic carbocycles. The van der Waals surface area contributed by atoms with Gasteiger partial charge in [-0.15, -0.1) is 0 Å². The third kappa shape index (κ3) is 1.78. The molecule has 0 saturated carbocycles. The Morgan fingerprint density at radius 2 is 2.60 bits per heavy atom. The fourth-order valence-corrected chi connectivity index (χ4v) is 2.12. The number of thioether (sulfide) groups is 1. The molecule has 0 bridgehead atoms. The van der Waals surface area contributed by atoms with Crippen molar-refractivity contribution < 1.29 is 14.7 Å². The largest absolute Gasteiger partial charge is 0.476 e. The molecule has 0 aromatic heterocycles.